The van der Waals surface area contributed by atoms with E-state index in [0.717, 1.165) is 5.76 Å². The number of rotatable bonds is 4. The van der Waals surface area contributed by atoms with E-state index in [-0.39, 0.29) is 11.8 Å². The highest BCUT2D eigenvalue weighted by Gasteiger charge is 2.34. The van der Waals surface area contributed by atoms with Gasteiger partial charge in [0.15, 0.2) is 5.82 Å². The van der Waals surface area contributed by atoms with Gasteiger partial charge in [-0.2, -0.15) is 4.98 Å². The molecular weight excluding hydrogens is 296 g/mol. The van der Waals surface area contributed by atoms with Crippen LogP contribution in [0.4, 0.5) is 0 Å². The topological polar surface area (TPSA) is 85.3 Å². The first-order valence-electron chi connectivity index (χ1n) is 7.35. The van der Waals surface area contributed by atoms with E-state index in [0.29, 0.717) is 36.9 Å². The first-order valence-corrected chi connectivity index (χ1v) is 7.35. The van der Waals surface area contributed by atoms with Crippen molar-refractivity contribution in [2.45, 2.75) is 18.9 Å². The number of furan rings is 1. The van der Waals surface area contributed by atoms with Crippen LogP contribution in [0, 0.1) is 0 Å². The highest BCUT2D eigenvalue weighted by atomic mass is 16.5. The Balaban J connectivity index is 1.49. The minimum absolute atomic E-state index is 0.0654. The number of nitrogens with zero attached hydrogens (tertiary/aromatic N) is 4. The summed E-state index contributed by atoms with van der Waals surface area (Å²) in [6, 6.07) is 9.15. The zero-order valence-corrected chi connectivity index (χ0v) is 12.3. The van der Waals surface area contributed by atoms with Gasteiger partial charge in [-0.3, -0.25) is 9.78 Å². The Morgan fingerprint density at radius 1 is 1.26 bits per heavy atom. The quantitative estimate of drug-likeness (QED) is 0.734. The molecule has 1 fully saturated rings. The van der Waals surface area contributed by atoms with Gasteiger partial charge >= 0.3 is 0 Å². The van der Waals surface area contributed by atoms with Crippen LogP contribution in [0.15, 0.2) is 51.7 Å². The Morgan fingerprint density at radius 2 is 2.22 bits per heavy atom. The van der Waals surface area contributed by atoms with Crippen molar-refractivity contribution in [1.82, 2.24) is 20.0 Å². The highest BCUT2D eigenvalue weighted by molar-refractivity contribution is 5.79. The number of hydrogen-bond donors (Lipinski definition) is 0. The molecule has 1 amide bonds. The van der Waals surface area contributed by atoms with Crippen molar-refractivity contribution in [1.29, 1.82) is 0 Å². The summed E-state index contributed by atoms with van der Waals surface area (Å²) in [7, 11) is 0. The molecule has 0 bridgehead atoms. The third kappa shape index (κ3) is 2.73. The van der Waals surface area contributed by atoms with E-state index >= 15 is 0 Å². The number of carbonyl (C=O) groups is 1. The van der Waals surface area contributed by atoms with Crippen LogP contribution >= 0.6 is 0 Å². The minimum Gasteiger partial charge on any atom is -0.467 e. The first-order chi connectivity index (χ1) is 11.3. The summed E-state index contributed by atoms with van der Waals surface area (Å²) >= 11 is 0. The molecule has 0 spiro atoms. The molecule has 4 heterocycles. The molecule has 0 aromatic carbocycles. The summed E-state index contributed by atoms with van der Waals surface area (Å²) in [5, 5.41) is 4.01. The molecule has 1 aliphatic heterocycles. The van der Waals surface area contributed by atoms with Gasteiger partial charge in [-0.1, -0.05) is 11.2 Å². The molecular formula is C16H14N4O3. The van der Waals surface area contributed by atoms with Crippen molar-refractivity contribution in [3.8, 4) is 11.6 Å². The lowest BCUT2D eigenvalue weighted by atomic mass is 10.1. The van der Waals surface area contributed by atoms with Gasteiger partial charge in [0.25, 0.3) is 5.89 Å². The zero-order valence-electron chi connectivity index (χ0n) is 12.3. The summed E-state index contributed by atoms with van der Waals surface area (Å²) in [6.45, 7) is 1.02. The van der Waals surface area contributed by atoms with Crippen molar-refractivity contribution in [3.63, 3.8) is 0 Å². The molecule has 0 N–H and O–H groups in total. The van der Waals surface area contributed by atoms with E-state index in [1.807, 2.05) is 24.3 Å². The van der Waals surface area contributed by atoms with Crippen LogP contribution in [-0.4, -0.2) is 32.5 Å². The molecule has 1 aliphatic rings. The average Bonchev–Trinajstić information content (AvgIpc) is 3.31. The normalized spacial score (nSPS) is 17.8. The molecule has 7 heteroatoms. The fourth-order valence-electron chi connectivity index (χ4n) is 2.68. The molecule has 23 heavy (non-hydrogen) atoms. The Morgan fingerprint density at radius 3 is 3.00 bits per heavy atom. The highest BCUT2D eigenvalue weighted by Crippen LogP contribution is 2.28. The predicted octanol–water partition coefficient (Wildman–Crippen LogP) is 2.24. The predicted molar refractivity (Wildman–Crippen MR) is 79.0 cm³/mol. The summed E-state index contributed by atoms with van der Waals surface area (Å²) in [4.78, 5) is 22.5. The van der Waals surface area contributed by atoms with Gasteiger partial charge in [-0.05, 0) is 24.3 Å². The monoisotopic (exact) mass is 310 g/mol. The van der Waals surface area contributed by atoms with E-state index < -0.39 is 0 Å². The summed E-state index contributed by atoms with van der Waals surface area (Å²) in [5.41, 5.74) is 0.628. The van der Waals surface area contributed by atoms with Gasteiger partial charge in [0.1, 0.15) is 11.5 Å². The summed E-state index contributed by atoms with van der Waals surface area (Å²) in [5.74, 6) is 1.68. The maximum Gasteiger partial charge on any atom is 0.276 e. The average molecular weight is 310 g/mol. The molecule has 3 aromatic rings. The van der Waals surface area contributed by atoms with Gasteiger partial charge in [0.2, 0.25) is 5.91 Å². The van der Waals surface area contributed by atoms with Gasteiger partial charge in [-0.25, -0.2) is 0 Å². The molecule has 1 atom stereocenters. The molecule has 1 unspecified atom stereocenters. The standard InChI is InChI=1S/C16H14N4O3/c21-14-8-11(9-20(14)10-12-4-3-7-22-12)15-18-16(23-19-15)13-5-1-2-6-17-13/h1-7,11H,8-10H2. The van der Waals surface area contributed by atoms with E-state index in [1.165, 1.54) is 0 Å². The Kier molecular flexibility index (Phi) is 3.38. The number of likely N-dealkylation sites (tertiary alicyclic amines) is 1. The van der Waals surface area contributed by atoms with Crippen LogP contribution in [0.5, 0.6) is 0 Å². The Labute approximate surface area is 131 Å². The molecule has 1 saturated heterocycles. The van der Waals surface area contributed by atoms with Gasteiger partial charge < -0.3 is 13.8 Å². The van der Waals surface area contributed by atoms with Crippen LogP contribution in [0.3, 0.4) is 0 Å². The van der Waals surface area contributed by atoms with E-state index in [4.69, 9.17) is 8.94 Å². The molecule has 0 aliphatic carbocycles. The molecule has 0 radical (unpaired) electrons. The fraction of sp³-hybridized carbons (Fsp3) is 0.250. The molecule has 116 valence electrons. The molecule has 4 rings (SSSR count). The van der Waals surface area contributed by atoms with Crippen molar-refractivity contribution in [2.24, 2.45) is 0 Å². The SMILES string of the molecule is O=C1CC(c2noc(-c3ccccn3)n2)CN1Cc1ccco1. The lowest BCUT2D eigenvalue weighted by Gasteiger charge is -2.13. The third-order valence-corrected chi connectivity index (χ3v) is 3.83. The zero-order chi connectivity index (χ0) is 15.6. The van der Waals surface area contributed by atoms with Crippen LogP contribution in [0.2, 0.25) is 0 Å². The van der Waals surface area contributed by atoms with E-state index in [1.54, 1.807) is 23.4 Å². The van der Waals surface area contributed by atoms with Gasteiger partial charge in [-0.15, -0.1) is 0 Å². The van der Waals surface area contributed by atoms with Gasteiger partial charge in [0, 0.05) is 25.1 Å². The third-order valence-electron chi connectivity index (χ3n) is 3.83. The number of carbonyl (C=O) groups excluding carboxylic acids is 1. The van der Waals surface area contributed by atoms with Crippen LogP contribution in [0.1, 0.15) is 23.9 Å². The maximum atomic E-state index is 12.1. The Bertz CT molecular complexity index is 798. The van der Waals surface area contributed by atoms with Crippen LogP contribution < -0.4 is 0 Å². The first kappa shape index (κ1) is 13.7. The minimum atomic E-state index is -0.0707. The second-order valence-corrected chi connectivity index (χ2v) is 5.43. The smallest absolute Gasteiger partial charge is 0.276 e. The molecule has 3 aromatic heterocycles. The van der Waals surface area contributed by atoms with E-state index in [2.05, 4.69) is 15.1 Å². The summed E-state index contributed by atoms with van der Waals surface area (Å²) in [6.07, 6.45) is 3.65. The van der Waals surface area contributed by atoms with Gasteiger partial charge in [0.05, 0.1) is 12.8 Å². The van der Waals surface area contributed by atoms with Crippen LogP contribution in [-0.2, 0) is 11.3 Å². The van der Waals surface area contributed by atoms with Crippen molar-refractivity contribution in [3.05, 3.63) is 54.4 Å². The van der Waals surface area contributed by atoms with E-state index in [9.17, 15) is 4.79 Å². The van der Waals surface area contributed by atoms with Crippen molar-refractivity contribution >= 4 is 5.91 Å². The largest absolute Gasteiger partial charge is 0.467 e. The summed E-state index contributed by atoms with van der Waals surface area (Å²) < 4.78 is 10.6. The Hall–Kier alpha value is -2.96. The number of aromatic nitrogens is 3. The number of pyridine rings is 1. The second-order valence-electron chi connectivity index (χ2n) is 5.43. The number of amides is 1. The second kappa shape index (κ2) is 5.68. The van der Waals surface area contributed by atoms with Crippen molar-refractivity contribution < 1.29 is 13.7 Å². The van der Waals surface area contributed by atoms with Crippen LogP contribution in [0.25, 0.3) is 11.6 Å². The van der Waals surface area contributed by atoms with Crippen molar-refractivity contribution in [2.75, 3.05) is 6.54 Å². The molecule has 0 saturated carbocycles. The lowest BCUT2D eigenvalue weighted by molar-refractivity contribution is -0.128. The lowest BCUT2D eigenvalue weighted by Crippen LogP contribution is -2.24. The fourth-order valence-corrected chi connectivity index (χ4v) is 2.68. The molecule has 7 nitrogen and oxygen atoms in total. The number of hydrogen-bond acceptors (Lipinski definition) is 6. The maximum absolute atomic E-state index is 12.1.